The lowest BCUT2D eigenvalue weighted by atomic mass is 9.69. The summed E-state index contributed by atoms with van der Waals surface area (Å²) in [6, 6.07) is 7.10. The Kier molecular flexibility index (Phi) is 4.64. The normalized spacial score (nSPS) is 20.2. The molecule has 0 heterocycles. The first-order valence-corrected chi connectivity index (χ1v) is 7.57. The van der Waals surface area contributed by atoms with Gasteiger partial charge in [0.25, 0.3) is 0 Å². The Bertz CT molecular complexity index is 419. The Labute approximate surface area is 117 Å². The molecule has 0 saturated heterocycles. The Morgan fingerprint density at radius 3 is 2.53 bits per heavy atom. The zero-order valence-electron chi connectivity index (χ0n) is 12.6. The predicted molar refractivity (Wildman–Crippen MR) is 81.9 cm³/mol. The summed E-state index contributed by atoms with van der Waals surface area (Å²) >= 11 is 0. The molecule has 1 aromatic carbocycles. The van der Waals surface area contributed by atoms with Crippen LogP contribution in [0.5, 0.6) is 0 Å². The molecule has 2 rings (SSSR count). The number of rotatable bonds is 4. The van der Waals surface area contributed by atoms with E-state index in [2.05, 4.69) is 44.4 Å². The van der Waals surface area contributed by atoms with Gasteiger partial charge in [-0.15, -0.1) is 0 Å². The predicted octanol–water partition coefficient (Wildman–Crippen LogP) is 3.65. The Balaban J connectivity index is 2.16. The van der Waals surface area contributed by atoms with Gasteiger partial charge in [-0.05, 0) is 49.7 Å². The van der Waals surface area contributed by atoms with Crippen LogP contribution in [0.2, 0.25) is 0 Å². The molecule has 0 radical (unpaired) electrons. The van der Waals surface area contributed by atoms with Crippen LogP contribution in [-0.4, -0.2) is 6.04 Å². The molecule has 0 aromatic heterocycles. The van der Waals surface area contributed by atoms with Gasteiger partial charge >= 0.3 is 0 Å². The van der Waals surface area contributed by atoms with Crippen LogP contribution in [0, 0.1) is 19.3 Å². The van der Waals surface area contributed by atoms with Crippen molar-refractivity contribution in [3.63, 3.8) is 0 Å². The van der Waals surface area contributed by atoms with Crippen molar-refractivity contribution in [2.24, 2.45) is 11.3 Å². The summed E-state index contributed by atoms with van der Waals surface area (Å²) in [6.07, 6.45) is 7.72. The zero-order chi connectivity index (χ0) is 13.9. The molecular formula is C17H28N2. The second-order valence-electron chi connectivity index (χ2n) is 6.57. The minimum atomic E-state index is 0.350. The minimum absolute atomic E-state index is 0.350. The number of hydrazine groups is 1. The number of hydrogen-bond donors (Lipinski definition) is 2. The van der Waals surface area contributed by atoms with Crippen LogP contribution >= 0.6 is 0 Å². The van der Waals surface area contributed by atoms with E-state index >= 15 is 0 Å². The monoisotopic (exact) mass is 260 g/mol. The second-order valence-corrected chi connectivity index (χ2v) is 6.57. The van der Waals surface area contributed by atoms with Gasteiger partial charge < -0.3 is 0 Å². The maximum absolute atomic E-state index is 5.87. The summed E-state index contributed by atoms with van der Waals surface area (Å²) in [5, 5.41) is 0. The standard InChI is InChI=1S/C17H28N2/c1-13-7-8-14(2)15(11-13)12-16(19-18)17(3)9-5-4-6-10-17/h7-8,11,16,19H,4-6,9-10,12,18H2,1-3H3. The third kappa shape index (κ3) is 3.37. The molecule has 1 atom stereocenters. The maximum atomic E-state index is 5.87. The van der Waals surface area contributed by atoms with Crippen LogP contribution in [0.1, 0.15) is 55.7 Å². The van der Waals surface area contributed by atoms with E-state index in [9.17, 15) is 0 Å². The van der Waals surface area contributed by atoms with E-state index in [1.807, 2.05) is 0 Å². The highest BCUT2D eigenvalue weighted by Crippen LogP contribution is 2.39. The molecular weight excluding hydrogens is 232 g/mol. The van der Waals surface area contributed by atoms with E-state index in [-0.39, 0.29) is 0 Å². The van der Waals surface area contributed by atoms with Crippen LogP contribution in [-0.2, 0) is 6.42 Å². The number of hydrogen-bond acceptors (Lipinski definition) is 2. The molecule has 1 unspecified atom stereocenters. The average Bonchev–Trinajstić information content (AvgIpc) is 2.40. The van der Waals surface area contributed by atoms with Crippen molar-refractivity contribution in [1.82, 2.24) is 5.43 Å². The highest BCUT2D eigenvalue weighted by atomic mass is 15.2. The second kappa shape index (κ2) is 6.06. The van der Waals surface area contributed by atoms with E-state index in [4.69, 9.17) is 5.84 Å². The molecule has 1 aliphatic rings. The molecule has 0 amide bonds. The fourth-order valence-electron chi connectivity index (χ4n) is 3.45. The van der Waals surface area contributed by atoms with Crippen LogP contribution in [0.4, 0.5) is 0 Å². The molecule has 0 aliphatic heterocycles. The molecule has 1 aromatic rings. The van der Waals surface area contributed by atoms with Gasteiger partial charge in [0.2, 0.25) is 0 Å². The first kappa shape index (κ1) is 14.5. The number of nitrogens with two attached hydrogens (primary N) is 1. The molecule has 0 bridgehead atoms. The first-order chi connectivity index (χ1) is 9.05. The molecule has 2 nitrogen and oxygen atoms in total. The third-order valence-electron chi connectivity index (χ3n) is 4.97. The zero-order valence-corrected chi connectivity index (χ0v) is 12.6. The number of aryl methyl sites for hydroxylation is 2. The summed E-state index contributed by atoms with van der Waals surface area (Å²) in [5.41, 5.74) is 7.62. The van der Waals surface area contributed by atoms with Gasteiger partial charge in [-0.25, -0.2) is 0 Å². The molecule has 106 valence electrons. The van der Waals surface area contributed by atoms with Crippen molar-refractivity contribution in [1.29, 1.82) is 0 Å². The summed E-state index contributed by atoms with van der Waals surface area (Å²) < 4.78 is 0. The van der Waals surface area contributed by atoms with Crippen molar-refractivity contribution >= 4 is 0 Å². The molecule has 19 heavy (non-hydrogen) atoms. The van der Waals surface area contributed by atoms with Crippen molar-refractivity contribution in [2.45, 2.75) is 65.3 Å². The van der Waals surface area contributed by atoms with Gasteiger partial charge in [0.15, 0.2) is 0 Å². The third-order valence-corrected chi connectivity index (χ3v) is 4.97. The lowest BCUT2D eigenvalue weighted by molar-refractivity contribution is 0.144. The molecule has 1 saturated carbocycles. The van der Waals surface area contributed by atoms with Gasteiger partial charge in [0, 0.05) is 6.04 Å². The number of benzene rings is 1. The highest BCUT2D eigenvalue weighted by Gasteiger charge is 2.34. The Morgan fingerprint density at radius 1 is 1.21 bits per heavy atom. The van der Waals surface area contributed by atoms with E-state index in [0.29, 0.717) is 11.5 Å². The van der Waals surface area contributed by atoms with Crippen molar-refractivity contribution in [3.05, 3.63) is 34.9 Å². The van der Waals surface area contributed by atoms with Gasteiger partial charge in [-0.3, -0.25) is 11.3 Å². The molecule has 1 aliphatic carbocycles. The van der Waals surface area contributed by atoms with Gasteiger partial charge in [-0.1, -0.05) is 49.9 Å². The topological polar surface area (TPSA) is 38.0 Å². The largest absolute Gasteiger partial charge is 0.271 e. The molecule has 0 spiro atoms. The number of nitrogens with one attached hydrogen (secondary N) is 1. The average molecular weight is 260 g/mol. The fraction of sp³-hybridized carbons (Fsp3) is 0.647. The van der Waals surface area contributed by atoms with Gasteiger partial charge in [0.05, 0.1) is 0 Å². The van der Waals surface area contributed by atoms with Crippen LogP contribution < -0.4 is 11.3 Å². The Morgan fingerprint density at radius 2 is 1.89 bits per heavy atom. The summed E-state index contributed by atoms with van der Waals surface area (Å²) in [6.45, 7) is 6.77. The summed E-state index contributed by atoms with van der Waals surface area (Å²) in [4.78, 5) is 0. The van der Waals surface area contributed by atoms with Crippen molar-refractivity contribution in [3.8, 4) is 0 Å². The smallest absolute Gasteiger partial charge is 0.0304 e. The minimum Gasteiger partial charge on any atom is -0.271 e. The van der Waals surface area contributed by atoms with Crippen molar-refractivity contribution in [2.75, 3.05) is 0 Å². The maximum Gasteiger partial charge on any atom is 0.0304 e. The summed E-state index contributed by atoms with van der Waals surface area (Å²) in [5.74, 6) is 5.87. The molecule has 1 fully saturated rings. The quantitative estimate of drug-likeness (QED) is 0.640. The SMILES string of the molecule is Cc1ccc(C)c(CC(NN)C2(C)CCCCC2)c1. The Hall–Kier alpha value is -0.860. The van der Waals surface area contributed by atoms with Crippen LogP contribution in [0.15, 0.2) is 18.2 Å². The van der Waals surface area contributed by atoms with E-state index < -0.39 is 0 Å². The summed E-state index contributed by atoms with van der Waals surface area (Å²) in [7, 11) is 0. The van der Waals surface area contributed by atoms with Gasteiger partial charge in [-0.2, -0.15) is 0 Å². The first-order valence-electron chi connectivity index (χ1n) is 7.57. The lowest BCUT2D eigenvalue weighted by Crippen LogP contribution is -2.49. The fourth-order valence-corrected chi connectivity index (χ4v) is 3.45. The van der Waals surface area contributed by atoms with E-state index in [0.717, 1.165) is 6.42 Å². The highest BCUT2D eigenvalue weighted by molar-refractivity contribution is 5.31. The van der Waals surface area contributed by atoms with E-state index in [1.165, 1.54) is 48.8 Å². The van der Waals surface area contributed by atoms with Crippen LogP contribution in [0.25, 0.3) is 0 Å². The molecule has 3 N–H and O–H groups in total. The van der Waals surface area contributed by atoms with Crippen LogP contribution in [0.3, 0.4) is 0 Å². The van der Waals surface area contributed by atoms with Crippen molar-refractivity contribution < 1.29 is 0 Å². The lowest BCUT2D eigenvalue weighted by Gasteiger charge is -2.40. The van der Waals surface area contributed by atoms with Gasteiger partial charge in [0.1, 0.15) is 0 Å². The molecule has 2 heteroatoms. The van der Waals surface area contributed by atoms with E-state index in [1.54, 1.807) is 0 Å².